The zero-order chi connectivity index (χ0) is 20.0. The number of benzene rings is 1. The lowest BCUT2D eigenvalue weighted by Crippen LogP contribution is -2.28. The van der Waals surface area contributed by atoms with Crippen molar-refractivity contribution in [3.8, 4) is 5.75 Å². The molecular formula is C19H16ClN3O5. The van der Waals surface area contributed by atoms with E-state index in [0.29, 0.717) is 0 Å². The quantitative estimate of drug-likeness (QED) is 0.240. The number of allylic oxidation sites excluding steroid dienone is 2. The Hall–Kier alpha value is -3.00. The number of halogens is 1. The van der Waals surface area contributed by atoms with Crippen LogP contribution in [0.4, 0.5) is 5.69 Å². The van der Waals surface area contributed by atoms with E-state index in [1.54, 1.807) is 0 Å². The lowest BCUT2D eigenvalue weighted by molar-refractivity contribution is -0.385. The largest absolute Gasteiger partial charge is 0.482 e. The Bertz CT molecular complexity index is 927. The number of rotatable bonds is 6. The minimum Gasteiger partial charge on any atom is -0.482 e. The zero-order valence-corrected chi connectivity index (χ0v) is 15.4. The molecule has 1 saturated carbocycles. The third kappa shape index (κ3) is 2.80. The fourth-order valence-corrected chi connectivity index (χ4v) is 4.50. The molecular weight excluding hydrogens is 386 g/mol. The molecule has 3 aliphatic rings. The van der Waals surface area contributed by atoms with Crippen molar-refractivity contribution in [2.45, 2.75) is 6.42 Å². The molecule has 0 radical (unpaired) electrons. The zero-order valence-electron chi connectivity index (χ0n) is 14.7. The van der Waals surface area contributed by atoms with Crippen LogP contribution in [0.2, 0.25) is 5.02 Å². The fourth-order valence-electron chi connectivity index (χ4n) is 4.22. The SMILES string of the molecule is C=CCOc1c(Cl)cc(C=NN2C(=O)C3C4C=CC(C4)C3C2=O)cc1[N+](=O)[O-]. The number of carbonyl (C=O) groups excluding carboxylic acids is 2. The number of nitro benzene ring substituents is 1. The van der Waals surface area contributed by atoms with E-state index in [1.165, 1.54) is 24.4 Å². The summed E-state index contributed by atoms with van der Waals surface area (Å²) in [7, 11) is 0. The van der Waals surface area contributed by atoms with Gasteiger partial charge in [-0.2, -0.15) is 10.1 Å². The van der Waals surface area contributed by atoms with Crippen LogP contribution in [0.1, 0.15) is 12.0 Å². The Morgan fingerprint density at radius 3 is 2.50 bits per heavy atom. The van der Waals surface area contributed by atoms with Gasteiger partial charge in [0.15, 0.2) is 0 Å². The molecule has 28 heavy (non-hydrogen) atoms. The van der Waals surface area contributed by atoms with Crippen LogP contribution in [0.5, 0.6) is 5.75 Å². The second-order valence-corrected chi connectivity index (χ2v) is 7.35. The Labute approximate surface area is 165 Å². The van der Waals surface area contributed by atoms with Crippen LogP contribution in [-0.2, 0) is 9.59 Å². The summed E-state index contributed by atoms with van der Waals surface area (Å²) in [5.41, 5.74) is -0.0598. The minimum absolute atomic E-state index is 0.0238. The summed E-state index contributed by atoms with van der Waals surface area (Å²) in [5, 5.41) is 16.2. The Balaban J connectivity index is 1.60. The lowest BCUT2D eigenvalue weighted by Gasteiger charge is -2.13. The van der Waals surface area contributed by atoms with Crippen LogP contribution in [-0.4, -0.2) is 34.6 Å². The van der Waals surface area contributed by atoms with E-state index in [4.69, 9.17) is 16.3 Å². The number of hydrogen-bond donors (Lipinski definition) is 0. The highest BCUT2D eigenvalue weighted by molar-refractivity contribution is 6.32. The van der Waals surface area contributed by atoms with E-state index in [2.05, 4.69) is 11.7 Å². The predicted octanol–water partition coefficient (Wildman–Crippen LogP) is 2.95. The summed E-state index contributed by atoms with van der Waals surface area (Å²) in [6, 6.07) is 2.65. The van der Waals surface area contributed by atoms with Crippen LogP contribution in [0.15, 0.2) is 42.0 Å². The lowest BCUT2D eigenvalue weighted by atomic mass is 9.85. The molecule has 2 bridgehead atoms. The van der Waals surface area contributed by atoms with Crippen molar-refractivity contribution in [1.29, 1.82) is 0 Å². The number of hydrogen-bond acceptors (Lipinski definition) is 6. The van der Waals surface area contributed by atoms with E-state index in [1.807, 2.05) is 12.2 Å². The number of nitro groups is 1. The van der Waals surface area contributed by atoms with Gasteiger partial charge in [-0.05, 0) is 24.3 Å². The highest BCUT2D eigenvalue weighted by Gasteiger charge is 2.59. The number of imide groups is 1. The van der Waals surface area contributed by atoms with E-state index < -0.39 is 4.92 Å². The number of nitrogens with zero attached hydrogens (tertiary/aromatic N) is 3. The molecule has 0 aromatic heterocycles. The molecule has 0 N–H and O–H groups in total. The minimum atomic E-state index is -0.623. The first-order chi connectivity index (χ1) is 13.4. The normalized spacial score (nSPS) is 27.7. The molecule has 144 valence electrons. The Morgan fingerprint density at radius 1 is 1.29 bits per heavy atom. The van der Waals surface area contributed by atoms with Crippen LogP contribution in [0.3, 0.4) is 0 Å². The number of amides is 2. The summed E-state index contributed by atoms with van der Waals surface area (Å²) in [5.74, 6) is -1.26. The molecule has 2 amide bonds. The number of fused-ring (bicyclic) bond motifs is 5. The third-order valence-electron chi connectivity index (χ3n) is 5.36. The molecule has 4 rings (SSSR count). The van der Waals surface area contributed by atoms with Gasteiger partial charge in [0.05, 0.1) is 28.0 Å². The molecule has 0 spiro atoms. The molecule has 1 heterocycles. The van der Waals surface area contributed by atoms with Gasteiger partial charge in [-0.15, -0.1) is 0 Å². The monoisotopic (exact) mass is 401 g/mol. The topological polar surface area (TPSA) is 102 Å². The molecule has 1 saturated heterocycles. The summed E-state index contributed by atoms with van der Waals surface area (Å²) in [6.07, 6.45) is 7.49. The molecule has 4 unspecified atom stereocenters. The van der Waals surface area contributed by atoms with Crippen molar-refractivity contribution in [2.24, 2.45) is 28.8 Å². The van der Waals surface area contributed by atoms with Crippen molar-refractivity contribution in [1.82, 2.24) is 5.01 Å². The van der Waals surface area contributed by atoms with E-state index in [0.717, 1.165) is 11.4 Å². The van der Waals surface area contributed by atoms with Crippen molar-refractivity contribution >= 4 is 35.3 Å². The molecule has 2 aliphatic carbocycles. The van der Waals surface area contributed by atoms with Gasteiger partial charge < -0.3 is 4.74 Å². The van der Waals surface area contributed by atoms with Crippen molar-refractivity contribution < 1.29 is 19.2 Å². The molecule has 2 fully saturated rings. The second-order valence-electron chi connectivity index (χ2n) is 6.94. The summed E-state index contributed by atoms with van der Waals surface area (Å²) in [6.45, 7) is 3.55. The predicted molar refractivity (Wildman–Crippen MR) is 101 cm³/mol. The maximum atomic E-state index is 12.6. The standard InChI is InChI=1S/C19H16ClN3O5/c1-2-5-28-17-13(20)6-10(7-14(17)23(26)27)9-21-22-18(24)15-11-3-4-12(8-11)16(15)19(22)25/h2-4,6-7,9,11-12,15-16H,1,5,8H2. The van der Waals surface area contributed by atoms with Crippen LogP contribution in [0, 0.1) is 33.8 Å². The maximum Gasteiger partial charge on any atom is 0.313 e. The maximum absolute atomic E-state index is 12.6. The molecule has 1 aliphatic heterocycles. The van der Waals surface area contributed by atoms with E-state index in [-0.39, 0.29) is 64.1 Å². The molecule has 1 aromatic rings. The summed E-state index contributed by atoms with van der Waals surface area (Å²) < 4.78 is 5.26. The Morgan fingerprint density at radius 2 is 1.93 bits per heavy atom. The first kappa shape index (κ1) is 18.4. The van der Waals surface area contributed by atoms with Gasteiger partial charge in [-0.1, -0.05) is 36.4 Å². The van der Waals surface area contributed by atoms with Crippen LogP contribution < -0.4 is 4.74 Å². The third-order valence-corrected chi connectivity index (χ3v) is 5.64. The average Bonchev–Trinajstić information content (AvgIpc) is 3.33. The Kier molecular flexibility index (Phi) is 4.50. The van der Waals surface area contributed by atoms with Gasteiger partial charge in [0, 0.05) is 11.6 Å². The fraction of sp³-hybridized carbons (Fsp3) is 0.316. The average molecular weight is 402 g/mol. The van der Waals surface area contributed by atoms with Crippen molar-refractivity contribution in [3.05, 3.63) is 57.6 Å². The van der Waals surface area contributed by atoms with Crippen LogP contribution in [0.25, 0.3) is 0 Å². The van der Waals surface area contributed by atoms with Gasteiger partial charge in [0.2, 0.25) is 5.75 Å². The number of hydrazone groups is 1. The highest BCUT2D eigenvalue weighted by atomic mass is 35.5. The number of ether oxygens (including phenoxy) is 1. The summed E-state index contributed by atoms with van der Waals surface area (Å²) in [4.78, 5) is 35.9. The molecule has 8 nitrogen and oxygen atoms in total. The van der Waals surface area contributed by atoms with E-state index >= 15 is 0 Å². The van der Waals surface area contributed by atoms with E-state index in [9.17, 15) is 19.7 Å². The second kappa shape index (κ2) is 6.87. The first-order valence-electron chi connectivity index (χ1n) is 8.74. The van der Waals surface area contributed by atoms with Gasteiger partial charge in [-0.3, -0.25) is 19.7 Å². The molecule has 4 atom stereocenters. The van der Waals surface area contributed by atoms with Gasteiger partial charge in [0.25, 0.3) is 11.8 Å². The van der Waals surface area contributed by atoms with Crippen LogP contribution >= 0.6 is 11.6 Å². The molecule has 9 heteroatoms. The van der Waals surface area contributed by atoms with Crippen molar-refractivity contribution in [3.63, 3.8) is 0 Å². The first-order valence-corrected chi connectivity index (χ1v) is 9.12. The molecule has 1 aromatic carbocycles. The van der Waals surface area contributed by atoms with Gasteiger partial charge >= 0.3 is 5.69 Å². The van der Waals surface area contributed by atoms with Gasteiger partial charge in [0.1, 0.15) is 6.61 Å². The summed E-state index contributed by atoms with van der Waals surface area (Å²) >= 11 is 6.11. The van der Waals surface area contributed by atoms with Gasteiger partial charge in [-0.25, -0.2) is 0 Å². The highest BCUT2D eigenvalue weighted by Crippen LogP contribution is 2.52. The smallest absolute Gasteiger partial charge is 0.313 e. The number of carbonyl (C=O) groups is 2. The van der Waals surface area contributed by atoms with Crippen molar-refractivity contribution in [2.75, 3.05) is 6.61 Å².